The van der Waals surface area contributed by atoms with E-state index in [1.807, 2.05) is 11.0 Å². The first-order valence-corrected chi connectivity index (χ1v) is 16.2. The minimum absolute atomic E-state index is 0.0504. The Hall–Kier alpha value is -4.00. The van der Waals surface area contributed by atoms with E-state index in [9.17, 15) is 18.4 Å². The van der Waals surface area contributed by atoms with Crippen LogP contribution in [0.25, 0.3) is 32.9 Å². The van der Waals surface area contributed by atoms with Gasteiger partial charge in [0, 0.05) is 66.1 Å². The molecule has 0 saturated carbocycles. The molecule has 4 aliphatic rings. The van der Waals surface area contributed by atoms with Crippen molar-refractivity contribution in [2.75, 3.05) is 37.7 Å². The fourth-order valence-electron chi connectivity index (χ4n) is 8.18. The van der Waals surface area contributed by atoms with Crippen LogP contribution in [0.15, 0.2) is 12.1 Å². The number of piperazine rings is 1. The van der Waals surface area contributed by atoms with Gasteiger partial charge < -0.3 is 19.7 Å². The maximum atomic E-state index is 17.1. The Balaban J connectivity index is 1.33. The molecule has 8 rings (SSSR count). The molecule has 0 aliphatic carbocycles. The maximum Gasteiger partial charge on any atom is 0.487 e. The van der Waals surface area contributed by atoms with Crippen LogP contribution in [-0.4, -0.2) is 87.2 Å². The lowest BCUT2D eigenvalue weighted by atomic mass is 9.94. The largest absolute Gasteiger partial charge is 0.487 e. The molecule has 252 valence electrons. The average molecular weight is 689 g/mol. The number of H-pyrrole nitrogens is 1. The third kappa shape index (κ3) is 5.16. The van der Waals surface area contributed by atoms with E-state index in [0.717, 1.165) is 38.3 Å². The zero-order valence-corrected chi connectivity index (χ0v) is 26.5. The van der Waals surface area contributed by atoms with Gasteiger partial charge in [-0.2, -0.15) is 20.3 Å². The van der Waals surface area contributed by atoms with E-state index in [1.54, 1.807) is 0 Å². The molecule has 2 aromatic heterocycles. The summed E-state index contributed by atoms with van der Waals surface area (Å²) in [6.45, 7) is 3.56. The monoisotopic (exact) mass is 688 g/mol. The van der Waals surface area contributed by atoms with Gasteiger partial charge in [0.05, 0.1) is 16.6 Å². The molecule has 6 heterocycles. The van der Waals surface area contributed by atoms with Crippen LogP contribution in [0.2, 0.25) is 0 Å². The third-order valence-corrected chi connectivity index (χ3v) is 10.2. The number of nitrogens with one attached hydrogen (secondary N) is 2. The van der Waals surface area contributed by atoms with E-state index < -0.39 is 45.8 Å². The second-order valence-electron chi connectivity index (χ2n) is 13.2. The lowest BCUT2D eigenvalue weighted by molar-refractivity contribution is -0.0964. The highest BCUT2D eigenvalue weighted by atomic mass is 35.5. The quantitative estimate of drug-likeness (QED) is 0.187. The van der Waals surface area contributed by atoms with Gasteiger partial charge in [0.2, 0.25) is 0 Å². The molecule has 4 aliphatic heterocycles. The molecule has 0 radical (unpaired) electrons. The molecule has 0 unspecified atom stereocenters. The van der Waals surface area contributed by atoms with Crippen molar-refractivity contribution in [3.63, 3.8) is 0 Å². The topological polar surface area (TPSA) is 115 Å². The lowest BCUT2D eigenvalue weighted by Gasteiger charge is -2.34. The van der Waals surface area contributed by atoms with Crippen LogP contribution in [0.1, 0.15) is 43.4 Å². The van der Waals surface area contributed by atoms with Gasteiger partial charge >= 0.3 is 11.6 Å². The summed E-state index contributed by atoms with van der Waals surface area (Å²) in [5.74, 6) is -2.71. The highest BCUT2D eigenvalue weighted by Crippen LogP contribution is 2.47. The van der Waals surface area contributed by atoms with Crippen LogP contribution in [0.4, 0.5) is 27.8 Å². The van der Waals surface area contributed by atoms with Crippen LogP contribution in [0, 0.1) is 29.9 Å². The van der Waals surface area contributed by atoms with Gasteiger partial charge in [0.1, 0.15) is 41.7 Å². The number of nitrogens with zero attached hydrogens (tertiary/aromatic N) is 6. The van der Waals surface area contributed by atoms with E-state index in [1.165, 1.54) is 13.0 Å². The van der Waals surface area contributed by atoms with E-state index in [-0.39, 0.29) is 63.6 Å². The van der Waals surface area contributed by atoms with Crippen molar-refractivity contribution < 1.29 is 31.4 Å². The lowest BCUT2D eigenvalue weighted by Crippen LogP contribution is -2.51. The molecule has 0 amide bonds. The first-order chi connectivity index (χ1) is 22.9. The van der Waals surface area contributed by atoms with Crippen LogP contribution in [0.3, 0.4) is 0 Å². The number of ether oxygens (including phenoxy) is 2. The van der Waals surface area contributed by atoms with Crippen molar-refractivity contribution in [3.8, 4) is 29.0 Å². The molecule has 48 heavy (non-hydrogen) atoms. The predicted molar refractivity (Wildman–Crippen MR) is 166 cm³/mol. The van der Waals surface area contributed by atoms with Gasteiger partial charge in [0.15, 0.2) is 11.5 Å². The SMILES string of the molecule is Cc1cc2[nH]nc(C#N)c2c(-c2c(F)cc3c(N4C[C@H]5CC[C@@H](C4)N5)nc(OC[C@@]45CCCN4C[C@H](F)C5)nc3c2F)c1OC(F)(F)Cl. The summed E-state index contributed by atoms with van der Waals surface area (Å²) in [4.78, 5) is 13.1. The summed E-state index contributed by atoms with van der Waals surface area (Å²) in [7, 11) is 0. The van der Waals surface area contributed by atoms with E-state index in [4.69, 9.17) is 21.1 Å². The number of nitriles is 1. The van der Waals surface area contributed by atoms with E-state index in [0.29, 0.717) is 26.1 Å². The van der Waals surface area contributed by atoms with Crippen molar-refractivity contribution in [1.29, 1.82) is 5.26 Å². The van der Waals surface area contributed by atoms with Crippen molar-refractivity contribution in [1.82, 2.24) is 30.4 Å². The predicted octanol–water partition coefficient (Wildman–Crippen LogP) is 5.70. The molecule has 4 fully saturated rings. The summed E-state index contributed by atoms with van der Waals surface area (Å²) < 4.78 is 87.2. The zero-order valence-electron chi connectivity index (χ0n) is 25.7. The summed E-state index contributed by atoms with van der Waals surface area (Å²) in [5.41, 5.74) is -6.45. The van der Waals surface area contributed by atoms with Gasteiger partial charge in [-0.15, -0.1) is 8.78 Å². The first-order valence-electron chi connectivity index (χ1n) is 15.8. The maximum absolute atomic E-state index is 17.1. The molecular weight excluding hydrogens is 659 g/mol. The number of anilines is 1. The van der Waals surface area contributed by atoms with Crippen LogP contribution >= 0.6 is 11.6 Å². The van der Waals surface area contributed by atoms with Crippen molar-refractivity contribution in [2.45, 2.75) is 68.4 Å². The Morgan fingerprint density at radius 1 is 1.15 bits per heavy atom. The van der Waals surface area contributed by atoms with Crippen molar-refractivity contribution in [2.24, 2.45) is 0 Å². The summed E-state index contributed by atoms with van der Waals surface area (Å²) in [6, 6.07) is 4.38. The van der Waals surface area contributed by atoms with Crippen LogP contribution in [-0.2, 0) is 0 Å². The van der Waals surface area contributed by atoms with E-state index in [2.05, 4.69) is 30.4 Å². The van der Waals surface area contributed by atoms with Crippen LogP contribution in [0.5, 0.6) is 11.8 Å². The molecule has 4 saturated heterocycles. The second-order valence-corrected chi connectivity index (χ2v) is 13.7. The Labute approximate surface area is 276 Å². The summed E-state index contributed by atoms with van der Waals surface area (Å²) in [6.07, 6.45) is 2.78. The fourth-order valence-corrected chi connectivity index (χ4v) is 8.26. The Bertz CT molecular complexity index is 1990. The summed E-state index contributed by atoms with van der Waals surface area (Å²) in [5, 5.41) is 19.7. The Morgan fingerprint density at radius 2 is 1.92 bits per heavy atom. The summed E-state index contributed by atoms with van der Waals surface area (Å²) >= 11 is 5.16. The molecule has 4 aromatic rings. The van der Waals surface area contributed by atoms with Crippen molar-refractivity contribution in [3.05, 3.63) is 35.0 Å². The number of aromatic nitrogens is 4. The van der Waals surface area contributed by atoms with Gasteiger partial charge in [-0.25, -0.2) is 13.2 Å². The minimum atomic E-state index is -4.25. The number of benzene rings is 2. The number of fused-ring (bicyclic) bond motifs is 5. The second kappa shape index (κ2) is 11.3. The minimum Gasteiger partial charge on any atom is -0.461 e. The number of aryl methyl sites for hydroxylation is 1. The molecule has 0 spiro atoms. The number of hydrogen-bond acceptors (Lipinski definition) is 9. The molecule has 16 heteroatoms. The molecular formula is C32H30ClF5N8O2. The number of alkyl halides is 4. The smallest absolute Gasteiger partial charge is 0.461 e. The van der Waals surface area contributed by atoms with Gasteiger partial charge in [0.25, 0.3) is 0 Å². The Kier molecular flexibility index (Phi) is 7.35. The number of hydrogen-bond donors (Lipinski definition) is 2. The van der Waals surface area contributed by atoms with Gasteiger partial charge in [-0.05, 0) is 56.8 Å². The normalized spacial score (nSPS) is 25.6. The van der Waals surface area contributed by atoms with Crippen LogP contribution < -0.4 is 19.7 Å². The molecule has 4 atom stereocenters. The third-order valence-electron chi connectivity index (χ3n) is 10.2. The average Bonchev–Trinajstić information content (AvgIpc) is 3.78. The molecule has 2 bridgehead atoms. The number of halogens is 6. The molecule has 10 nitrogen and oxygen atoms in total. The van der Waals surface area contributed by atoms with Gasteiger partial charge in [-0.3, -0.25) is 10.00 Å². The first kappa shape index (κ1) is 31.3. The highest BCUT2D eigenvalue weighted by Gasteiger charge is 2.49. The van der Waals surface area contributed by atoms with Gasteiger partial charge in [-0.1, -0.05) is 0 Å². The standard InChI is InChI=1S/C32H30ClF5N8O2/c1-15-7-21-24(22(10-39)44-43-21)25(28(15)48-32(33,37)38)23-20(35)8-19-27(26(23)36)41-30(42-29(19)45-12-17-3-4-18(13-45)40-17)47-14-31-5-2-6-46(31)11-16(34)9-31/h7-8,16-18,40H,2-6,9,11-14H2,1H3,(H,43,44)/t16-,17-,18+,31+/m1/s1. The zero-order chi connectivity index (χ0) is 33.5. The number of rotatable bonds is 7. The molecule has 2 aromatic carbocycles. The highest BCUT2D eigenvalue weighted by molar-refractivity contribution is 6.21. The molecule has 2 N–H and O–H groups in total. The fraction of sp³-hybridized carbons (Fsp3) is 0.500. The van der Waals surface area contributed by atoms with Crippen molar-refractivity contribution >= 4 is 39.2 Å². The van der Waals surface area contributed by atoms with E-state index >= 15 is 8.78 Å². The Morgan fingerprint density at radius 3 is 2.65 bits per heavy atom. The number of aromatic amines is 1.